The van der Waals surface area contributed by atoms with Crippen molar-refractivity contribution in [1.29, 1.82) is 0 Å². The van der Waals surface area contributed by atoms with Gasteiger partial charge in [-0.2, -0.15) is 0 Å². The van der Waals surface area contributed by atoms with Crippen molar-refractivity contribution in [1.82, 2.24) is 0 Å². The zero-order valence-corrected chi connectivity index (χ0v) is 10.9. The molecule has 0 amide bonds. The second kappa shape index (κ2) is 4.81. The summed E-state index contributed by atoms with van der Waals surface area (Å²) in [6.07, 6.45) is 1.01. The van der Waals surface area contributed by atoms with Crippen molar-refractivity contribution in [2.45, 2.75) is 6.42 Å². The van der Waals surface area contributed by atoms with Crippen LogP contribution in [0.3, 0.4) is 0 Å². The smallest absolute Gasteiger partial charge is 0.0701 e. The van der Waals surface area contributed by atoms with Crippen LogP contribution in [0.2, 0.25) is 0 Å². The first-order chi connectivity index (χ1) is 7.28. The lowest BCUT2D eigenvalue weighted by atomic mass is 10.1. The number of rotatable bonds is 3. The fourth-order valence-corrected chi connectivity index (χ4v) is 2.95. The summed E-state index contributed by atoms with van der Waals surface area (Å²) >= 11 is 5.27. The van der Waals surface area contributed by atoms with Gasteiger partial charge in [0.2, 0.25) is 0 Å². The van der Waals surface area contributed by atoms with E-state index in [-0.39, 0.29) is 0 Å². The third-order valence-electron chi connectivity index (χ3n) is 2.25. The molecule has 0 fully saturated rings. The molecule has 1 nitrogen and oxygen atoms in total. The Morgan fingerprint density at radius 1 is 1.13 bits per heavy atom. The van der Waals surface area contributed by atoms with Gasteiger partial charge in [0.15, 0.2) is 0 Å². The molecule has 15 heavy (non-hydrogen) atoms. The topological polar surface area (TPSA) is 12.0 Å². The maximum Gasteiger partial charge on any atom is 0.0701 e. The second-order valence-electron chi connectivity index (χ2n) is 3.33. The van der Waals surface area contributed by atoms with E-state index in [0.29, 0.717) is 0 Å². The van der Waals surface area contributed by atoms with Crippen molar-refractivity contribution >= 4 is 33.0 Å². The Kier molecular flexibility index (Phi) is 3.44. The van der Waals surface area contributed by atoms with Crippen molar-refractivity contribution in [3.63, 3.8) is 0 Å². The van der Waals surface area contributed by atoms with Crippen molar-refractivity contribution in [3.05, 3.63) is 50.6 Å². The SMILES string of the molecule is CNc1ccc(Cc2ccc(Br)s2)cc1. The molecule has 0 aliphatic heterocycles. The highest BCUT2D eigenvalue weighted by Crippen LogP contribution is 2.24. The lowest BCUT2D eigenvalue weighted by Gasteiger charge is -2.02. The normalized spacial score (nSPS) is 10.3. The summed E-state index contributed by atoms with van der Waals surface area (Å²) < 4.78 is 1.20. The zero-order chi connectivity index (χ0) is 10.7. The minimum atomic E-state index is 1.01. The van der Waals surface area contributed by atoms with Crippen LogP contribution in [0.1, 0.15) is 10.4 Å². The molecule has 0 aliphatic carbocycles. The van der Waals surface area contributed by atoms with E-state index in [9.17, 15) is 0 Å². The highest BCUT2D eigenvalue weighted by molar-refractivity contribution is 9.11. The Bertz CT molecular complexity index is 433. The lowest BCUT2D eigenvalue weighted by molar-refractivity contribution is 1.24. The molecule has 2 rings (SSSR count). The van der Waals surface area contributed by atoms with E-state index in [1.54, 1.807) is 11.3 Å². The van der Waals surface area contributed by atoms with Crippen molar-refractivity contribution in [3.8, 4) is 0 Å². The molecule has 0 saturated carbocycles. The first-order valence-corrected chi connectivity index (χ1v) is 6.40. The summed E-state index contributed by atoms with van der Waals surface area (Å²) in [6, 6.07) is 12.8. The molecule has 0 saturated heterocycles. The molecule has 2 aromatic rings. The van der Waals surface area contributed by atoms with Crippen LogP contribution in [-0.2, 0) is 6.42 Å². The Morgan fingerprint density at radius 3 is 2.40 bits per heavy atom. The van der Waals surface area contributed by atoms with Crippen molar-refractivity contribution in [2.24, 2.45) is 0 Å². The van der Waals surface area contributed by atoms with E-state index in [1.807, 2.05) is 7.05 Å². The van der Waals surface area contributed by atoms with Crippen LogP contribution in [0.5, 0.6) is 0 Å². The molecule has 1 aromatic carbocycles. The number of nitrogens with one attached hydrogen (secondary N) is 1. The molecule has 0 aliphatic rings. The predicted molar refractivity (Wildman–Crippen MR) is 70.8 cm³/mol. The highest BCUT2D eigenvalue weighted by atomic mass is 79.9. The third kappa shape index (κ3) is 2.83. The van der Waals surface area contributed by atoms with Gasteiger partial charge in [0.05, 0.1) is 3.79 Å². The molecule has 0 bridgehead atoms. The van der Waals surface area contributed by atoms with Gasteiger partial charge >= 0.3 is 0 Å². The minimum absolute atomic E-state index is 1.01. The number of halogens is 1. The van der Waals surface area contributed by atoms with Gasteiger partial charge in [-0.3, -0.25) is 0 Å². The van der Waals surface area contributed by atoms with E-state index in [1.165, 1.54) is 14.2 Å². The molecular weight excluding hydrogens is 270 g/mol. The number of hydrogen-bond donors (Lipinski definition) is 1. The summed E-state index contributed by atoms with van der Waals surface area (Å²) in [4.78, 5) is 1.39. The van der Waals surface area contributed by atoms with E-state index < -0.39 is 0 Å². The number of anilines is 1. The average molecular weight is 282 g/mol. The van der Waals surface area contributed by atoms with E-state index in [4.69, 9.17) is 0 Å². The Labute approximate surface area is 102 Å². The molecule has 0 radical (unpaired) electrons. The van der Waals surface area contributed by atoms with Gasteiger partial charge in [-0.25, -0.2) is 0 Å². The number of hydrogen-bond acceptors (Lipinski definition) is 2. The first-order valence-electron chi connectivity index (χ1n) is 4.79. The van der Waals surface area contributed by atoms with E-state index >= 15 is 0 Å². The largest absolute Gasteiger partial charge is 0.388 e. The van der Waals surface area contributed by atoms with Crippen LogP contribution >= 0.6 is 27.3 Å². The molecule has 78 valence electrons. The summed E-state index contributed by atoms with van der Waals surface area (Å²) in [5, 5.41) is 3.12. The summed E-state index contributed by atoms with van der Waals surface area (Å²) in [5.41, 5.74) is 2.51. The van der Waals surface area contributed by atoms with Gasteiger partial charge in [0.25, 0.3) is 0 Å². The fourth-order valence-electron chi connectivity index (χ4n) is 1.44. The maximum atomic E-state index is 3.48. The van der Waals surface area contributed by atoms with Crippen molar-refractivity contribution in [2.75, 3.05) is 12.4 Å². The monoisotopic (exact) mass is 281 g/mol. The van der Waals surface area contributed by atoms with E-state index in [0.717, 1.165) is 12.1 Å². The molecule has 3 heteroatoms. The maximum absolute atomic E-state index is 3.48. The quantitative estimate of drug-likeness (QED) is 0.892. The molecule has 1 heterocycles. The number of benzene rings is 1. The van der Waals surface area contributed by atoms with Gasteiger partial charge in [0.1, 0.15) is 0 Å². The Balaban J connectivity index is 2.11. The Morgan fingerprint density at radius 2 is 1.87 bits per heavy atom. The minimum Gasteiger partial charge on any atom is -0.388 e. The van der Waals surface area contributed by atoms with Crippen LogP contribution < -0.4 is 5.32 Å². The third-order valence-corrected chi connectivity index (χ3v) is 3.87. The summed E-state index contributed by atoms with van der Waals surface area (Å²) in [6.45, 7) is 0. The van der Waals surface area contributed by atoms with Crippen LogP contribution in [-0.4, -0.2) is 7.05 Å². The van der Waals surface area contributed by atoms with E-state index in [2.05, 4.69) is 57.6 Å². The zero-order valence-electron chi connectivity index (χ0n) is 8.46. The first kappa shape index (κ1) is 10.7. The standard InChI is InChI=1S/C12H12BrNS/c1-14-10-4-2-9(3-5-10)8-11-6-7-12(13)15-11/h2-7,14H,8H2,1H3. The predicted octanol–water partition coefficient (Wildman–Crippen LogP) is 4.14. The van der Waals surface area contributed by atoms with Crippen molar-refractivity contribution < 1.29 is 0 Å². The van der Waals surface area contributed by atoms with Gasteiger partial charge in [0, 0.05) is 24.0 Å². The van der Waals surface area contributed by atoms with Gasteiger partial charge in [-0.15, -0.1) is 11.3 Å². The van der Waals surface area contributed by atoms with Gasteiger partial charge < -0.3 is 5.32 Å². The molecule has 1 aromatic heterocycles. The van der Waals surface area contributed by atoms with Gasteiger partial charge in [-0.05, 0) is 45.8 Å². The number of thiophene rings is 1. The summed E-state index contributed by atoms with van der Waals surface area (Å²) in [5.74, 6) is 0. The lowest BCUT2D eigenvalue weighted by Crippen LogP contribution is -1.89. The molecule has 0 unspecified atom stereocenters. The average Bonchev–Trinajstić information content (AvgIpc) is 2.65. The molecule has 0 atom stereocenters. The molecule has 1 N–H and O–H groups in total. The Hall–Kier alpha value is -0.800. The van der Waals surface area contributed by atoms with Crippen LogP contribution in [0, 0.1) is 0 Å². The fraction of sp³-hybridized carbons (Fsp3) is 0.167. The van der Waals surface area contributed by atoms with Gasteiger partial charge in [-0.1, -0.05) is 12.1 Å². The molecule has 0 spiro atoms. The highest BCUT2D eigenvalue weighted by Gasteiger charge is 1.99. The van der Waals surface area contributed by atoms with Crippen LogP contribution in [0.15, 0.2) is 40.2 Å². The second-order valence-corrected chi connectivity index (χ2v) is 5.88. The summed E-state index contributed by atoms with van der Waals surface area (Å²) in [7, 11) is 1.94. The van der Waals surface area contributed by atoms with Crippen LogP contribution in [0.25, 0.3) is 0 Å². The molecular formula is C12H12BrNS. The van der Waals surface area contributed by atoms with Crippen LogP contribution in [0.4, 0.5) is 5.69 Å².